The van der Waals surface area contributed by atoms with Crippen molar-refractivity contribution in [3.05, 3.63) is 0 Å². The first kappa shape index (κ1) is 15.1. The zero-order valence-electron chi connectivity index (χ0n) is 12.6. The van der Waals surface area contributed by atoms with Crippen LogP contribution in [0.1, 0.15) is 32.1 Å². The van der Waals surface area contributed by atoms with Crippen molar-refractivity contribution in [1.82, 2.24) is 14.7 Å². The number of carbonyl (C=O) groups excluding carboxylic acids is 1. The van der Waals surface area contributed by atoms with Crippen LogP contribution in [0.15, 0.2) is 0 Å². The van der Waals surface area contributed by atoms with Crippen molar-refractivity contribution in [2.24, 2.45) is 0 Å². The first-order valence-electron chi connectivity index (χ1n) is 7.29. The van der Waals surface area contributed by atoms with E-state index in [4.69, 9.17) is 0 Å². The minimum absolute atomic E-state index is 0.0723. The summed E-state index contributed by atoms with van der Waals surface area (Å²) in [4.78, 5) is 29.0. The van der Waals surface area contributed by atoms with E-state index in [1.807, 2.05) is 14.1 Å². The first-order chi connectivity index (χ1) is 9.37. The Kier molecular flexibility index (Phi) is 4.22. The summed E-state index contributed by atoms with van der Waals surface area (Å²) < 4.78 is 0. The molecule has 2 fully saturated rings. The molecule has 0 aromatic rings. The lowest BCUT2D eigenvalue weighted by atomic mass is 9.75. The molecule has 0 bridgehead atoms. The number of amides is 2. The Bertz CT molecular complexity index is 393. The molecule has 0 aromatic carbocycles. The van der Waals surface area contributed by atoms with Gasteiger partial charge >= 0.3 is 12.0 Å². The zero-order valence-corrected chi connectivity index (χ0v) is 12.6. The number of carbonyl (C=O) groups is 2. The van der Waals surface area contributed by atoms with Gasteiger partial charge in [-0.15, -0.1) is 0 Å². The van der Waals surface area contributed by atoms with Crippen LogP contribution in [0.2, 0.25) is 0 Å². The predicted molar refractivity (Wildman–Crippen MR) is 75.7 cm³/mol. The number of rotatable bonds is 4. The van der Waals surface area contributed by atoms with Crippen molar-refractivity contribution in [3.8, 4) is 0 Å². The molecule has 0 unspecified atom stereocenters. The van der Waals surface area contributed by atoms with E-state index in [2.05, 4.69) is 4.90 Å². The van der Waals surface area contributed by atoms with Gasteiger partial charge in [0, 0.05) is 25.7 Å². The van der Waals surface area contributed by atoms with E-state index in [1.165, 1.54) is 11.3 Å². The van der Waals surface area contributed by atoms with Gasteiger partial charge in [0.25, 0.3) is 0 Å². The Morgan fingerprint density at radius 2 is 1.90 bits per heavy atom. The van der Waals surface area contributed by atoms with Crippen molar-refractivity contribution in [1.29, 1.82) is 0 Å². The van der Waals surface area contributed by atoms with Gasteiger partial charge in [-0.3, -0.25) is 0 Å². The van der Waals surface area contributed by atoms with Gasteiger partial charge in [-0.1, -0.05) is 0 Å². The summed E-state index contributed by atoms with van der Waals surface area (Å²) in [6, 6.07) is -0.801. The smallest absolute Gasteiger partial charge is 0.326 e. The molecule has 1 saturated heterocycles. The first-order valence-corrected chi connectivity index (χ1v) is 7.29. The maximum absolute atomic E-state index is 12.5. The molecule has 1 aliphatic carbocycles. The molecule has 0 aromatic heterocycles. The second-order valence-electron chi connectivity index (χ2n) is 6.30. The average molecular weight is 283 g/mol. The van der Waals surface area contributed by atoms with Crippen LogP contribution in [-0.2, 0) is 4.79 Å². The molecule has 0 radical (unpaired) electrons. The summed E-state index contributed by atoms with van der Waals surface area (Å²) in [7, 11) is 5.88. The maximum atomic E-state index is 12.5. The zero-order chi connectivity index (χ0) is 14.9. The van der Waals surface area contributed by atoms with Gasteiger partial charge in [-0.05, 0) is 46.2 Å². The third kappa shape index (κ3) is 2.61. The molecule has 1 aliphatic heterocycles. The summed E-state index contributed by atoms with van der Waals surface area (Å²) in [6.45, 7) is 1.22. The molecule has 0 spiro atoms. The van der Waals surface area contributed by atoms with Gasteiger partial charge in [0.05, 0.1) is 0 Å². The maximum Gasteiger partial charge on any atom is 0.326 e. The number of urea groups is 1. The van der Waals surface area contributed by atoms with Gasteiger partial charge in [0.2, 0.25) is 0 Å². The van der Waals surface area contributed by atoms with Gasteiger partial charge < -0.3 is 19.8 Å². The van der Waals surface area contributed by atoms with Crippen LogP contribution in [0.5, 0.6) is 0 Å². The van der Waals surface area contributed by atoms with Crippen molar-refractivity contribution < 1.29 is 14.7 Å². The van der Waals surface area contributed by atoms with E-state index in [9.17, 15) is 14.7 Å². The fourth-order valence-electron chi connectivity index (χ4n) is 3.31. The van der Waals surface area contributed by atoms with Crippen LogP contribution in [0.25, 0.3) is 0 Å². The highest BCUT2D eigenvalue weighted by Crippen LogP contribution is 2.37. The normalized spacial score (nSPS) is 24.6. The predicted octanol–water partition coefficient (Wildman–Crippen LogP) is 1.07. The average Bonchev–Trinajstić information content (AvgIpc) is 2.81. The van der Waals surface area contributed by atoms with E-state index in [1.54, 1.807) is 11.9 Å². The van der Waals surface area contributed by atoms with Gasteiger partial charge in [0.15, 0.2) is 0 Å². The molecule has 6 heteroatoms. The fraction of sp³-hybridized carbons (Fsp3) is 0.857. The molecular weight excluding hydrogens is 258 g/mol. The third-order valence-electron chi connectivity index (χ3n) is 4.87. The molecule has 114 valence electrons. The topological polar surface area (TPSA) is 64.1 Å². The number of hydrogen-bond acceptors (Lipinski definition) is 3. The molecule has 1 N–H and O–H groups in total. The largest absolute Gasteiger partial charge is 0.480 e. The quantitative estimate of drug-likeness (QED) is 0.838. The standard InChI is InChI=1S/C14H25N3O3/c1-15(2)14(7-5-8-14)10-16(3)13(20)17-9-4-6-11(17)12(18)19/h11H,4-10H2,1-3H3,(H,18,19)/t11-/m0/s1. The van der Waals surface area contributed by atoms with Crippen LogP contribution in [0, 0.1) is 0 Å². The lowest BCUT2D eigenvalue weighted by Gasteiger charge is -2.49. The number of likely N-dealkylation sites (tertiary alicyclic amines) is 1. The van der Waals surface area contributed by atoms with E-state index in [-0.39, 0.29) is 11.6 Å². The second-order valence-corrected chi connectivity index (χ2v) is 6.30. The minimum Gasteiger partial charge on any atom is -0.480 e. The minimum atomic E-state index is -0.893. The molecule has 1 saturated carbocycles. The Morgan fingerprint density at radius 3 is 2.35 bits per heavy atom. The Morgan fingerprint density at radius 1 is 1.25 bits per heavy atom. The van der Waals surface area contributed by atoms with Crippen LogP contribution >= 0.6 is 0 Å². The van der Waals surface area contributed by atoms with Crippen LogP contribution in [0.3, 0.4) is 0 Å². The molecule has 20 heavy (non-hydrogen) atoms. The van der Waals surface area contributed by atoms with Crippen LogP contribution < -0.4 is 0 Å². The molecule has 1 atom stereocenters. The Hall–Kier alpha value is -1.30. The van der Waals surface area contributed by atoms with E-state index < -0.39 is 12.0 Å². The summed E-state index contributed by atoms with van der Waals surface area (Å²) in [5.74, 6) is -0.893. The fourth-order valence-corrected chi connectivity index (χ4v) is 3.31. The monoisotopic (exact) mass is 283 g/mol. The summed E-state index contributed by atoms with van der Waals surface area (Å²) >= 11 is 0. The number of carboxylic acid groups (broad SMARTS) is 1. The number of aliphatic carboxylic acids is 1. The Labute approximate surface area is 120 Å². The summed E-state index contributed by atoms with van der Waals surface area (Å²) in [6.07, 6.45) is 4.73. The lowest BCUT2D eigenvalue weighted by Crippen LogP contribution is -2.59. The van der Waals surface area contributed by atoms with Crippen LogP contribution in [-0.4, -0.2) is 77.6 Å². The van der Waals surface area contributed by atoms with Gasteiger partial charge in [-0.25, -0.2) is 9.59 Å². The molecule has 1 heterocycles. The highest BCUT2D eigenvalue weighted by atomic mass is 16.4. The molecular formula is C14H25N3O3. The summed E-state index contributed by atoms with van der Waals surface area (Å²) in [5.41, 5.74) is 0.0723. The van der Waals surface area contributed by atoms with Gasteiger partial charge in [-0.2, -0.15) is 0 Å². The van der Waals surface area contributed by atoms with Gasteiger partial charge in [0.1, 0.15) is 6.04 Å². The molecule has 2 rings (SSSR count). The SMILES string of the molecule is CN(CC1(N(C)C)CCC1)C(=O)N1CCC[C@H]1C(=O)O. The third-order valence-corrected chi connectivity index (χ3v) is 4.87. The molecule has 2 amide bonds. The highest BCUT2D eigenvalue weighted by Gasteiger charge is 2.42. The van der Waals surface area contributed by atoms with E-state index >= 15 is 0 Å². The van der Waals surface area contributed by atoms with Crippen molar-refractivity contribution in [2.75, 3.05) is 34.2 Å². The van der Waals surface area contributed by atoms with E-state index in [0.717, 1.165) is 19.3 Å². The van der Waals surface area contributed by atoms with Crippen molar-refractivity contribution in [2.45, 2.75) is 43.7 Å². The van der Waals surface area contributed by atoms with Crippen molar-refractivity contribution >= 4 is 12.0 Å². The van der Waals surface area contributed by atoms with Crippen LogP contribution in [0.4, 0.5) is 4.79 Å². The van der Waals surface area contributed by atoms with E-state index in [0.29, 0.717) is 19.5 Å². The molecule has 6 nitrogen and oxygen atoms in total. The molecule has 2 aliphatic rings. The number of carboxylic acids is 1. The highest BCUT2D eigenvalue weighted by molar-refractivity contribution is 5.83. The summed E-state index contributed by atoms with van der Waals surface area (Å²) in [5, 5.41) is 9.17. The Balaban J connectivity index is 2.00. The number of likely N-dealkylation sites (N-methyl/N-ethyl adjacent to an activating group) is 2. The second kappa shape index (κ2) is 5.60. The van der Waals surface area contributed by atoms with Crippen molar-refractivity contribution in [3.63, 3.8) is 0 Å². The number of hydrogen-bond donors (Lipinski definition) is 1. The number of nitrogens with zero attached hydrogens (tertiary/aromatic N) is 3. The lowest BCUT2D eigenvalue weighted by molar-refractivity contribution is -0.141.